The van der Waals surface area contributed by atoms with Gasteiger partial charge in [-0.25, -0.2) is 4.68 Å². The third kappa shape index (κ3) is 3.99. The van der Waals surface area contributed by atoms with Crippen molar-refractivity contribution in [2.24, 2.45) is 0 Å². The van der Waals surface area contributed by atoms with Crippen LogP contribution in [0, 0.1) is 6.92 Å². The van der Waals surface area contributed by atoms with Crippen molar-refractivity contribution in [2.45, 2.75) is 44.8 Å². The quantitative estimate of drug-likeness (QED) is 0.727. The SMILES string of the molecule is Cc1ccc(-n2cc(C(=O)NC3CCC(O)CC3)c(-c3ccccc3)n2)cc1. The molecular weight excluding hydrogens is 350 g/mol. The van der Waals surface area contributed by atoms with E-state index in [4.69, 9.17) is 5.10 Å². The number of hydrogen-bond acceptors (Lipinski definition) is 3. The van der Waals surface area contributed by atoms with Crippen molar-refractivity contribution in [3.63, 3.8) is 0 Å². The maximum Gasteiger partial charge on any atom is 0.255 e. The fourth-order valence-electron chi connectivity index (χ4n) is 3.66. The average Bonchev–Trinajstić information content (AvgIpc) is 3.16. The van der Waals surface area contributed by atoms with Gasteiger partial charge >= 0.3 is 0 Å². The predicted molar refractivity (Wildman–Crippen MR) is 109 cm³/mol. The molecule has 1 fully saturated rings. The van der Waals surface area contributed by atoms with Gasteiger partial charge in [-0.15, -0.1) is 0 Å². The first-order chi connectivity index (χ1) is 13.6. The van der Waals surface area contributed by atoms with Crippen molar-refractivity contribution in [3.8, 4) is 16.9 Å². The van der Waals surface area contributed by atoms with E-state index < -0.39 is 0 Å². The van der Waals surface area contributed by atoms with E-state index in [1.165, 1.54) is 5.56 Å². The Morgan fingerprint density at radius 2 is 1.71 bits per heavy atom. The van der Waals surface area contributed by atoms with Gasteiger partial charge in [0.1, 0.15) is 5.69 Å². The number of aryl methyl sites for hydroxylation is 1. The number of carbonyl (C=O) groups is 1. The van der Waals surface area contributed by atoms with E-state index in [2.05, 4.69) is 5.32 Å². The van der Waals surface area contributed by atoms with E-state index in [1.807, 2.05) is 61.5 Å². The molecule has 4 rings (SSSR count). The van der Waals surface area contributed by atoms with Crippen LogP contribution in [-0.4, -0.2) is 32.9 Å². The van der Waals surface area contributed by atoms with Gasteiger partial charge in [-0.05, 0) is 44.7 Å². The largest absolute Gasteiger partial charge is 0.393 e. The van der Waals surface area contributed by atoms with Crippen LogP contribution >= 0.6 is 0 Å². The lowest BCUT2D eigenvalue weighted by atomic mass is 9.93. The minimum absolute atomic E-state index is 0.0993. The van der Waals surface area contributed by atoms with Crippen molar-refractivity contribution < 1.29 is 9.90 Å². The highest BCUT2D eigenvalue weighted by molar-refractivity contribution is 6.00. The number of aromatic nitrogens is 2. The van der Waals surface area contributed by atoms with E-state index in [1.54, 1.807) is 10.9 Å². The van der Waals surface area contributed by atoms with Gasteiger partial charge in [0, 0.05) is 17.8 Å². The summed E-state index contributed by atoms with van der Waals surface area (Å²) in [6.07, 6.45) is 4.65. The van der Waals surface area contributed by atoms with Gasteiger partial charge in [-0.2, -0.15) is 5.10 Å². The first kappa shape index (κ1) is 18.4. The zero-order valence-electron chi connectivity index (χ0n) is 16.0. The van der Waals surface area contributed by atoms with E-state index in [9.17, 15) is 9.90 Å². The van der Waals surface area contributed by atoms with Crippen molar-refractivity contribution in [1.82, 2.24) is 15.1 Å². The van der Waals surface area contributed by atoms with Crippen molar-refractivity contribution in [2.75, 3.05) is 0 Å². The normalized spacial score (nSPS) is 19.4. The lowest BCUT2D eigenvalue weighted by Crippen LogP contribution is -2.38. The van der Waals surface area contributed by atoms with Crippen LogP contribution in [0.25, 0.3) is 16.9 Å². The molecule has 144 valence electrons. The first-order valence-electron chi connectivity index (χ1n) is 9.81. The number of nitrogens with one attached hydrogen (secondary N) is 1. The molecule has 1 aliphatic carbocycles. The highest BCUT2D eigenvalue weighted by atomic mass is 16.3. The number of hydrogen-bond donors (Lipinski definition) is 2. The van der Waals surface area contributed by atoms with Gasteiger partial charge in [-0.3, -0.25) is 4.79 Å². The Bertz CT molecular complexity index is 940. The second-order valence-corrected chi connectivity index (χ2v) is 7.52. The lowest BCUT2D eigenvalue weighted by Gasteiger charge is -2.26. The Labute approximate surface area is 165 Å². The average molecular weight is 375 g/mol. The highest BCUT2D eigenvalue weighted by Gasteiger charge is 2.24. The molecule has 28 heavy (non-hydrogen) atoms. The molecule has 0 unspecified atom stereocenters. The Balaban J connectivity index is 1.66. The third-order valence-electron chi connectivity index (χ3n) is 5.34. The highest BCUT2D eigenvalue weighted by Crippen LogP contribution is 2.25. The van der Waals surface area contributed by atoms with E-state index >= 15 is 0 Å². The zero-order chi connectivity index (χ0) is 19.5. The fraction of sp³-hybridized carbons (Fsp3) is 0.304. The number of nitrogens with zero attached hydrogens (tertiary/aromatic N) is 2. The number of aliphatic hydroxyl groups excluding tert-OH is 1. The topological polar surface area (TPSA) is 67.2 Å². The van der Waals surface area contributed by atoms with Crippen LogP contribution in [-0.2, 0) is 0 Å². The summed E-state index contributed by atoms with van der Waals surface area (Å²) >= 11 is 0. The summed E-state index contributed by atoms with van der Waals surface area (Å²) in [5.74, 6) is -0.112. The monoisotopic (exact) mass is 375 g/mol. The number of rotatable bonds is 4. The predicted octanol–water partition coefficient (Wildman–Crippen LogP) is 3.88. The van der Waals surface area contributed by atoms with Gasteiger partial charge in [0.05, 0.1) is 17.4 Å². The van der Waals surface area contributed by atoms with Crippen LogP contribution in [0.1, 0.15) is 41.6 Å². The van der Waals surface area contributed by atoms with Crippen molar-refractivity contribution >= 4 is 5.91 Å². The lowest BCUT2D eigenvalue weighted by molar-refractivity contribution is 0.0868. The third-order valence-corrected chi connectivity index (χ3v) is 5.34. The molecule has 5 heteroatoms. The van der Waals surface area contributed by atoms with Crippen LogP contribution in [0.3, 0.4) is 0 Å². The first-order valence-corrected chi connectivity index (χ1v) is 9.81. The van der Waals surface area contributed by atoms with Crippen LogP contribution < -0.4 is 5.32 Å². The van der Waals surface area contributed by atoms with Crippen LogP contribution in [0.5, 0.6) is 0 Å². The summed E-state index contributed by atoms with van der Waals surface area (Å²) in [5, 5.41) is 17.6. The summed E-state index contributed by atoms with van der Waals surface area (Å²) in [6.45, 7) is 2.04. The molecule has 0 atom stereocenters. The van der Waals surface area contributed by atoms with E-state index in [0.717, 1.165) is 36.9 Å². The maximum absolute atomic E-state index is 13.1. The summed E-state index contributed by atoms with van der Waals surface area (Å²) in [5.41, 5.74) is 4.25. The second kappa shape index (κ2) is 7.98. The minimum Gasteiger partial charge on any atom is -0.393 e. The molecule has 1 amide bonds. The summed E-state index contributed by atoms with van der Waals surface area (Å²) in [7, 11) is 0. The number of carbonyl (C=O) groups excluding carboxylic acids is 1. The number of amides is 1. The molecule has 0 radical (unpaired) electrons. The zero-order valence-corrected chi connectivity index (χ0v) is 16.0. The van der Waals surface area contributed by atoms with Crippen LogP contribution in [0.2, 0.25) is 0 Å². The smallest absolute Gasteiger partial charge is 0.255 e. The summed E-state index contributed by atoms with van der Waals surface area (Å²) in [4.78, 5) is 13.1. The molecule has 1 saturated carbocycles. The Morgan fingerprint density at radius 3 is 2.39 bits per heavy atom. The van der Waals surface area contributed by atoms with Gasteiger partial charge in [0.2, 0.25) is 0 Å². The van der Waals surface area contributed by atoms with Crippen LogP contribution in [0.15, 0.2) is 60.8 Å². The fourth-order valence-corrected chi connectivity index (χ4v) is 3.66. The Morgan fingerprint density at radius 1 is 1.04 bits per heavy atom. The second-order valence-electron chi connectivity index (χ2n) is 7.52. The van der Waals surface area contributed by atoms with Gasteiger partial charge < -0.3 is 10.4 Å². The summed E-state index contributed by atoms with van der Waals surface area (Å²) < 4.78 is 1.77. The standard InChI is InChI=1S/C23H25N3O2/c1-16-7-11-19(12-8-16)26-15-21(22(25-26)17-5-3-2-4-6-17)23(28)24-18-9-13-20(27)14-10-18/h2-8,11-12,15,18,20,27H,9-10,13-14H2,1H3,(H,24,28). The molecule has 0 aliphatic heterocycles. The van der Waals surface area contributed by atoms with Gasteiger partial charge in [0.15, 0.2) is 0 Å². The summed E-state index contributed by atoms with van der Waals surface area (Å²) in [6, 6.07) is 18.0. The van der Waals surface area contributed by atoms with E-state index in [-0.39, 0.29) is 18.1 Å². The minimum atomic E-state index is -0.239. The van der Waals surface area contributed by atoms with Crippen LogP contribution in [0.4, 0.5) is 0 Å². The molecule has 2 aromatic carbocycles. The molecule has 1 aliphatic rings. The molecule has 5 nitrogen and oxygen atoms in total. The number of aliphatic hydroxyl groups is 1. The Hall–Kier alpha value is -2.92. The van der Waals surface area contributed by atoms with E-state index in [0.29, 0.717) is 11.3 Å². The van der Waals surface area contributed by atoms with Crippen molar-refractivity contribution in [1.29, 1.82) is 0 Å². The number of benzene rings is 2. The molecule has 0 bridgehead atoms. The molecule has 1 heterocycles. The van der Waals surface area contributed by atoms with Gasteiger partial charge in [-0.1, -0.05) is 48.0 Å². The van der Waals surface area contributed by atoms with Crippen molar-refractivity contribution in [3.05, 3.63) is 71.9 Å². The maximum atomic E-state index is 13.1. The molecule has 0 saturated heterocycles. The molecular formula is C23H25N3O2. The molecule has 2 N–H and O–H groups in total. The van der Waals surface area contributed by atoms with Gasteiger partial charge in [0.25, 0.3) is 5.91 Å². The molecule has 3 aromatic rings. The molecule has 1 aromatic heterocycles. The Kier molecular flexibility index (Phi) is 5.26. The molecule has 0 spiro atoms.